The van der Waals surface area contributed by atoms with E-state index in [9.17, 15) is 8.78 Å². The molecule has 0 bridgehead atoms. The van der Waals surface area contributed by atoms with Gasteiger partial charge in [0.15, 0.2) is 0 Å². The summed E-state index contributed by atoms with van der Waals surface area (Å²) in [6.07, 6.45) is -2.33. The Bertz CT molecular complexity index is 319. The summed E-state index contributed by atoms with van der Waals surface area (Å²) in [7, 11) is 0. The zero-order valence-electron chi connectivity index (χ0n) is 9.89. The van der Waals surface area contributed by atoms with Crippen LogP contribution in [0.25, 0.3) is 0 Å². The molecule has 18 heavy (non-hydrogen) atoms. The zero-order chi connectivity index (χ0) is 11.4. The molecular formula is C12H18Cl2F2N2. The Morgan fingerprint density at radius 2 is 1.56 bits per heavy atom. The van der Waals surface area contributed by atoms with Crippen molar-refractivity contribution in [3.05, 3.63) is 35.9 Å². The van der Waals surface area contributed by atoms with E-state index in [1.54, 1.807) is 12.1 Å². The molecule has 2 nitrogen and oxygen atoms in total. The maximum absolute atomic E-state index is 13.1. The van der Waals surface area contributed by atoms with Crippen LogP contribution in [-0.2, 0) is 0 Å². The number of hydrogen-bond acceptors (Lipinski definition) is 2. The Hall–Kier alpha value is -0.420. The smallest absolute Gasteiger partial charge is 0.258 e. The molecule has 104 valence electrons. The lowest BCUT2D eigenvalue weighted by Gasteiger charge is -2.34. The highest BCUT2D eigenvalue weighted by Crippen LogP contribution is 2.27. The van der Waals surface area contributed by atoms with Gasteiger partial charge in [-0.05, 0) is 5.56 Å². The van der Waals surface area contributed by atoms with Crippen LogP contribution in [0.4, 0.5) is 8.78 Å². The van der Waals surface area contributed by atoms with Gasteiger partial charge in [-0.15, -0.1) is 24.8 Å². The highest BCUT2D eigenvalue weighted by Gasteiger charge is 2.29. The fraction of sp³-hybridized carbons (Fsp3) is 0.500. The molecule has 1 aromatic carbocycles. The minimum absolute atomic E-state index is 0. The van der Waals surface area contributed by atoms with Crippen molar-refractivity contribution in [1.29, 1.82) is 0 Å². The largest absolute Gasteiger partial charge is 0.314 e. The molecule has 1 aliphatic heterocycles. The normalized spacial score (nSPS) is 17.7. The number of rotatable bonds is 3. The maximum Gasteiger partial charge on any atom is 0.258 e. The van der Waals surface area contributed by atoms with Crippen LogP contribution in [0, 0.1) is 0 Å². The topological polar surface area (TPSA) is 15.3 Å². The van der Waals surface area contributed by atoms with Crippen LogP contribution in [0.1, 0.15) is 11.6 Å². The third-order valence-corrected chi connectivity index (χ3v) is 2.92. The molecule has 0 radical (unpaired) electrons. The van der Waals surface area contributed by atoms with Crippen LogP contribution in [0.2, 0.25) is 0 Å². The lowest BCUT2D eigenvalue weighted by atomic mass is 10.1. The summed E-state index contributed by atoms with van der Waals surface area (Å²) in [6, 6.07) is 8.27. The molecule has 1 aliphatic rings. The van der Waals surface area contributed by atoms with Crippen molar-refractivity contribution in [2.75, 3.05) is 26.2 Å². The maximum atomic E-state index is 13.1. The van der Waals surface area contributed by atoms with E-state index in [1.807, 2.05) is 23.1 Å². The van der Waals surface area contributed by atoms with Crippen LogP contribution < -0.4 is 5.32 Å². The van der Waals surface area contributed by atoms with Crippen LogP contribution in [0.5, 0.6) is 0 Å². The summed E-state index contributed by atoms with van der Waals surface area (Å²) in [4.78, 5) is 1.86. The van der Waals surface area contributed by atoms with E-state index in [2.05, 4.69) is 5.32 Å². The Kier molecular flexibility index (Phi) is 8.44. The molecule has 1 fully saturated rings. The van der Waals surface area contributed by atoms with Crippen molar-refractivity contribution in [1.82, 2.24) is 10.2 Å². The minimum atomic E-state index is -2.33. The summed E-state index contributed by atoms with van der Waals surface area (Å²) in [5.41, 5.74) is 0.708. The summed E-state index contributed by atoms with van der Waals surface area (Å²) < 4.78 is 26.2. The summed E-state index contributed by atoms with van der Waals surface area (Å²) >= 11 is 0. The first kappa shape index (κ1) is 17.6. The Morgan fingerprint density at radius 1 is 1.00 bits per heavy atom. The third kappa shape index (κ3) is 4.35. The van der Waals surface area contributed by atoms with Crippen LogP contribution in [0.3, 0.4) is 0 Å². The molecule has 1 saturated heterocycles. The number of alkyl halides is 2. The van der Waals surface area contributed by atoms with Crippen molar-refractivity contribution >= 4 is 24.8 Å². The van der Waals surface area contributed by atoms with Crippen molar-refractivity contribution < 1.29 is 8.78 Å². The number of halogens is 4. The molecule has 2 rings (SSSR count). The molecule has 1 heterocycles. The predicted molar refractivity (Wildman–Crippen MR) is 74.1 cm³/mol. The lowest BCUT2D eigenvalue weighted by Crippen LogP contribution is -2.46. The standard InChI is InChI=1S/C12H16F2N2.2ClH/c13-12(14)11(10-4-2-1-3-5-10)16-8-6-15-7-9-16;;/h1-5,11-12,15H,6-9H2;2*1H/t11-;;/m1../s1. The van der Waals surface area contributed by atoms with Gasteiger partial charge in [0.1, 0.15) is 0 Å². The Labute approximate surface area is 119 Å². The monoisotopic (exact) mass is 298 g/mol. The lowest BCUT2D eigenvalue weighted by molar-refractivity contribution is 0.0182. The van der Waals surface area contributed by atoms with Gasteiger partial charge in [0.2, 0.25) is 0 Å². The molecule has 0 unspecified atom stereocenters. The van der Waals surface area contributed by atoms with Crippen molar-refractivity contribution in [2.45, 2.75) is 12.5 Å². The number of benzene rings is 1. The van der Waals surface area contributed by atoms with E-state index in [-0.39, 0.29) is 24.8 Å². The number of nitrogens with one attached hydrogen (secondary N) is 1. The molecule has 0 aromatic heterocycles. The van der Waals surface area contributed by atoms with E-state index < -0.39 is 12.5 Å². The minimum Gasteiger partial charge on any atom is -0.314 e. The second-order valence-electron chi connectivity index (χ2n) is 3.98. The van der Waals surface area contributed by atoms with E-state index in [1.165, 1.54) is 0 Å². The first-order valence-corrected chi connectivity index (χ1v) is 5.57. The molecule has 1 atom stereocenters. The molecule has 0 saturated carbocycles. The van der Waals surface area contributed by atoms with Gasteiger partial charge in [-0.25, -0.2) is 8.78 Å². The van der Waals surface area contributed by atoms with Crippen LogP contribution >= 0.6 is 24.8 Å². The fourth-order valence-corrected chi connectivity index (χ4v) is 2.13. The predicted octanol–water partition coefficient (Wildman–Crippen LogP) is 2.74. The number of nitrogens with zero attached hydrogens (tertiary/aromatic N) is 1. The first-order valence-electron chi connectivity index (χ1n) is 5.57. The highest BCUT2D eigenvalue weighted by atomic mass is 35.5. The fourth-order valence-electron chi connectivity index (χ4n) is 2.13. The van der Waals surface area contributed by atoms with Gasteiger partial charge >= 0.3 is 0 Å². The van der Waals surface area contributed by atoms with E-state index in [0.717, 1.165) is 13.1 Å². The van der Waals surface area contributed by atoms with Gasteiger partial charge in [0, 0.05) is 26.2 Å². The van der Waals surface area contributed by atoms with Gasteiger partial charge in [-0.3, -0.25) is 4.90 Å². The molecule has 0 aliphatic carbocycles. The van der Waals surface area contributed by atoms with Gasteiger partial charge in [0.05, 0.1) is 6.04 Å². The molecule has 1 aromatic rings. The molecule has 0 amide bonds. The van der Waals surface area contributed by atoms with E-state index in [4.69, 9.17) is 0 Å². The average molecular weight is 299 g/mol. The highest BCUT2D eigenvalue weighted by molar-refractivity contribution is 5.85. The van der Waals surface area contributed by atoms with Gasteiger partial charge in [0.25, 0.3) is 6.43 Å². The number of piperazine rings is 1. The first-order chi connectivity index (χ1) is 7.79. The van der Waals surface area contributed by atoms with Crippen molar-refractivity contribution in [2.24, 2.45) is 0 Å². The molecular weight excluding hydrogens is 281 g/mol. The third-order valence-electron chi connectivity index (χ3n) is 2.92. The second-order valence-corrected chi connectivity index (χ2v) is 3.98. The van der Waals surface area contributed by atoms with Gasteiger partial charge < -0.3 is 5.32 Å². The van der Waals surface area contributed by atoms with Crippen molar-refractivity contribution in [3.63, 3.8) is 0 Å². The van der Waals surface area contributed by atoms with Crippen LogP contribution in [-0.4, -0.2) is 37.5 Å². The Morgan fingerprint density at radius 3 is 2.06 bits per heavy atom. The Balaban J connectivity index is 0.00000144. The quantitative estimate of drug-likeness (QED) is 0.923. The van der Waals surface area contributed by atoms with E-state index in [0.29, 0.717) is 18.7 Å². The summed E-state index contributed by atoms with van der Waals surface area (Å²) in [5.74, 6) is 0. The molecule has 1 N–H and O–H groups in total. The summed E-state index contributed by atoms with van der Waals surface area (Å²) in [5, 5.41) is 3.17. The molecule has 0 spiro atoms. The average Bonchev–Trinajstić information content (AvgIpc) is 2.31. The SMILES string of the molecule is Cl.Cl.FC(F)[C@@H](c1ccccc1)N1CCNCC1. The second kappa shape index (κ2) is 8.64. The zero-order valence-corrected chi connectivity index (χ0v) is 11.5. The van der Waals surface area contributed by atoms with E-state index >= 15 is 0 Å². The molecule has 6 heteroatoms. The van der Waals surface area contributed by atoms with Crippen LogP contribution in [0.15, 0.2) is 30.3 Å². The van der Waals surface area contributed by atoms with Crippen molar-refractivity contribution in [3.8, 4) is 0 Å². The van der Waals surface area contributed by atoms with Gasteiger partial charge in [-0.1, -0.05) is 30.3 Å². The summed E-state index contributed by atoms with van der Waals surface area (Å²) in [6.45, 7) is 2.94. The van der Waals surface area contributed by atoms with Gasteiger partial charge in [-0.2, -0.15) is 0 Å². The number of hydrogen-bond donors (Lipinski definition) is 1.